The molecule has 1 unspecified atom stereocenters. The van der Waals surface area contributed by atoms with Gasteiger partial charge in [0.2, 0.25) is 0 Å². The predicted molar refractivity (Wildman–Crippen MR) is 64.7 cm³/mol. The van der Waals surface area contributed by atoms with Crippen LogP contribution in [0.2, 0.25) is 15.1 Å². The van der Waals surface area contributed by atoms with Crippen LogP contribution in [-0.4, -0.2) is 40.4 Å². The molecule has 0 saturated carbocycles. The normalized spacial score (nSPS) is 12.3. The van der Waals surface area contributed by atoms with Crippen molar-refractivity contribution in [3.63, 3.8) is 0 Å². The predicted octanol–water partition coefficient (Wildman–Crippen LogP) is 1.12. The van der Waals surface area contributed by atoms with Crippen molar-refractivity contribution in [3.05, 3.63) is 27.0 Å². The van der Waals surface area contributed by atoms with Crippen molar-refractivity contribution in [2.45, 2.75) is 6.10 Å². The summed E-state index contributed by atoms with van der Waals surface area (Å²) in [5.41, 5.74) is -0.0915. The monoisotopic (exact) mass is 298 g/mol. The maximum atomic E-state index is 11.6. The summed E-state index contributed by atoms with van der Waals surface area (Å²) in [6, 6.07) is 0. The number of carbonyl (C=O) groups is 1. The van der Waals surface area contributed by atoms with E-state index in [1.165, 1.54) is 6.20 Å². The van der Waals surface area contributed by atoms with Gasteiger partial charge in [-0.25, -0.2) is 4.98 Å². The van der Waals surface area contributed by atoms with Gasteiger partial charge < -0.3 is 15.5 Å². The van der Waals surface area contributed by atoms with Gasteiger partial charge in [0.15, 0.2) is 0 Å². The number of rotatable bonds is 4. The van der Waals surface area contributed by atoms with Gasteiger partial charge in [0.1, 0.15) is 5.69 Å². The lowest BCUT2D eigenvalue weighted by Crippen LogP contribution is -2.34. The molecule has 17 heavy (non-hydrogen) atoms. The summed E-state index contributed by atoms with van der Waals surface area (Å²) in [5, 5.41) is 20.1. The number of aromatic nitrogens is 1. The molecule has 94 valence electrons. The summed E-state index contributed by atoms with van der Waals surface area (Å²) >= 11 is 17.2. The Morgan fingerprint density at radius 3 is 2.65 bits per heavy atom. The van der Waals surface area contributed by atoms with Crippen LogP contribution in [0.25, 0.3) is 0 Å². The van der Waals surface area contributed by atoms with E-state index in [4.69, 9.17) is 45.0 Å². The van der Waals surface area contributed by atoms with Gasteiger partial charge in [0.25, 0.3) is 5.91 Å². The lowest BCUT2D eigenvalue weighted by molar-refractivity contribution is 0.0799. The second-order valence-electron chi connectivity index (χ2n) is 3.13. The first-order valence-electron chi connectivity index (χ1n) is 4.54. The molecule has 1 atom stereocenters. The molecule has 3 N–H and O–H groups in total. The van der Waals surface area contributed by atoms with Crippen molar-refractivity contribution >= 4 is 40.7 Å². The van der Waals surface area contributed by atoms with Crippen molar-refractivity contribution in [2.75, 3.05) is 13.2 Å². The first-order valence-corrected chi connectivity index (χ1v) is 5.67. The lowest BCUT2D eigenvalue weighted by Gasteiger charge is -2.10. The molecule has 0 aliphatic heterocycles. The second kappa shape index (κ2) is 6.37. The van der Waals surface area contributed by atoms with E-state index >= 15 is 0 Å². The van der Waals surface area contributed by atoms with Crippen LogP contribution in [0.15, 0.2) is 6.20 Å². The van der Waals surface area contributed by atoms with Gasteiger partial charge in [0.05, 0.1) is 27.8 Å². The molecule has 0 radical (unpaired) electrons. The zero-order chi connectivity index (χ0) is 13.0. The van der Waals surface area contributed by atoms with E-state index in [9.17, 15) is 4.79 Å². The number of amides is 1. The maximum absolute atomic E-state index is 11.6. The number of carbonyl (C=O) groups excluding carboxylic acids is 1. The third kappa shape index (κ3) is 3.69. The molecule has 0 aromatic carbocycles. The van der Waals surface area contributed by atoms with Crippen LogP contribution in [0.4, 0.5) is 0 Å². The minimum absolute atomic E-state index is 0.0381. The van der Waals surface area contributed by atoms with Crippen LogP contribution in [0.1, 0.15) is 10.5 Å². The molecule has 1 rings (SSSR count). The van der Waals surface area contributed by atoms with Gasteiger partial charge in [-0.3, -0.25) is 4.79 Å². The van der Waals surface area contributed by atoms with Gasteiger partial charge >= 0.3 is 0 Å². The minimum atomic E-state index is -1.04. The Balaban J connectivity index is 2.80. The van der Waals surface area contributed by atoms with E-state index in [0.717, 1.165) is 0 Å². The SMILES string of the molecule is O=C(NCC(O)CO)c1ncc(Cl)c(Cl)c1Cl. The lowest BCUT2D eigenvalue weighted by atomic mass is 10.3. The number of nitrogens with zero attached hydrogens (tertiary/aromatic N) is 1. The average molecular weight is 300 g/mol. The number of halogens is 3. The van der Waals surface area contributed by atoms with Crippen LogP contribution < -0.4 is 5.32 Å². The summed E-state index contributed by atoms with van der Waals surface area (Å²) in [5.74, 6) is -0.610. The number of aliphatic hydroxyl groups is 2. The standard InChI is InChI=1S/C9H9Cl3N2O3/c10-5-2-13-8(7(12)6(5)11)9(17)14-1-4(16)3-15/h2,4,15-16H,1,3H2,(H,14,17). The Labute approximate surface area is 112 Å². The Bertz CT molecular complexity index is 428. The average Bonchev–Trinajstić information content (AvgIpc) is 2.32. The van der Waals surface area contributed by atoms with Crippen molar-refractivity contribution in [2.24, 2.45) is 0 Å². The Kier molecular flexibility index (Phi) is 5.42. The van der Waals surface area contributed by atoms with Gasteiger partial charge in [-0.15, -0.1) is 0 Å². The molecule has 8 heteroatoms. The van der Waals surface area contributed by atoms with E-state index in [-0.39, 0.29) is 27.3 Å². The van der Waals surface area contributed by atoms with Crippen molar-refractivity contribution in [1.29, 1.82) is 0 Å². The quantitative estimate of drug-likeness (QED) is 0.778. The molecule has 0 bridgehead atoms. The number of hydrogen-bond acceptors (Lipinski definition) is 4. The minimum Gasteiger partial charge on any atom is -0.394 e. The largest absolute Gasteiger partial charge is 0.394 e. The smallest absolute Gasteiger partial charge is 0.271 e. The number of nitrogens with one attached hydrogen (secondary N) is 1. The topological polar surface area (TPSA) is 82.5 Å². The summed E-state index contributed by atoms with van der Waals surface area (Å²) in [4.78, 5) is 15.3. The van der Waals surface area contributed by atoms with E-state index < -0.39 is 18.6 Å². The summed E-state index contributed by atoms with van der Waals surface area (Å²) in [6.07, 6.45) is 0.160. The zero-order valence-corrected chi connectivity index (χ0v) is 10.7. The van der Waals surface area contributed by atoms with Crippen molar-refractivity contribution in [3.8, 4) is 0 Å². The molecule has 1 aromatic heterocycles. The van der Waals surface area contributed by atoms with Crippen LogP contribution in [0, 0.1) is 0 Å². The van der Waals surface area contributed by atoms with Crippen LogP contribution in [0.5, 0.6) is 0 Å². The molecular formula is C9H9Cl3N2O3. The fourth-order valence-electron chi connectivity index (χ4n) is 0.960. The van der Waals surface area contributed by atoms with Crippen LogP contribution in [0.3, 0.4) is 0 Å². The molecule has 0 fully saturated rings. The third-order valence-electron chi connectivity index (χ3n) is 1.84. The third-order valence-corrected chi connectivity index (χ3v) is 3.08. The first-order chi connectivity index (χ1) is 7.97. The molecule has 5 nitrogen and oxygen atoms in total. The van der Waals surface area contributed by atoms with E-state index in [1.54, 1.807) is 0 Å². The second-order valence-corrected chi connectivity index (χ2v) is 4.29. The van der Waals surface area contributed by atoms with Crippen LogP contribution >= 0.6 is 34.8 Å². The number of aliphatic hydroxyl groups excluding tert-OH is 2. The molecule has 0 spiro atoms. The van der Waals surface area contributed by atoms with E-state index in [2.05, 4.69) is 10.3 Å². The summed E-state index contributed by atoms with van der Waals surface area (Å²) < 4.78 is 0. The Hall–Kier alpha value is -0.590. The highest BCUT2D eigenvalue weighted by Crippen LogP contribution is 2.30. The summed E-state index contributed by atoms with van der Waals surface area (Å²) in [7, 11) is 0. The molecule has 1 amide bonds. The van der Waals surface area contributed by atoms with Gasteiger partial charge in [0, 0.05) is 12.7 Å². The van der Waals surface area contributed by atoms with E-state index in [0.29, 0.717) is 0 Å². The van der Waals surface area contributed by atoms with E-state index in [1.807, 2.05) is 0 Å². The fourth-order valence-corrected chi connectivity index (χ4v) is 1.53. The van der Waals surface area contributed by atoms with Gasteiger partial charge in [-0.2, -0.15) is 0 Å². The summed E-state index contributed by atoms with van der Waals surface area (Å²) in [6.45, 7) is -0.573. The molecule has 1 heterocycles. The molecular weight excluding hydrogens is 290 g/mol. The highest BCUT2D eigenvalue weighted by molar-refractivity contribution is 6.48. The van der Waals surface area contributed by atoms with Crippen molar-refractivity contribution in [1.82, 2.24) is 10.3 Å². The zero-order valence-electron chi connectivity index (χ0n) is 8.45. The molecule has 1 aromatic rings. The highest BCUT2D eigenvalue weighted by Gasteiger charge is 2.17. The van der Waals surface area contributed by atoms with Gasteiger partial charge in [-0.1, -0.05) is 34.8 Å². The fraction of sp³-hybridized carbons (Fsp3) is 0.333. The number of pyridine rings is 1. The maximum Gasteiger partial charge on any atom is 0.271 e. The van der Waals surface area contributed by atoms with Crippen molar-refractivity contribution < 1.29 is 15.0 Å². The first kappa shape index (κ1) is 14.5. The molecule has 0 aliphatic rings. The Morgan fingerprint density at radius 1 is 1.41 bits per heavy atom. The Morgan fingerprint density at radius 2 is 2.06 bits per heavy atom. The van der Waals surface area contributed by atoms with Gasteiger partial charge in [-0.05, 0) is 0 Å². The molecule has 0 aliphatic carbocycles. The van der Waals surface area contributed by atoms with Crippen LogP contribution in [-0.2, 0) is 0 Å². The highest BCUT2D eigenvalue weighted by atomic mass is 35.5. The molecule has 0 saturated heterocycles. The number of hydrogen-bond donors (Lipinski definition) is 3.